The van der Waals surface area contributed by atoms with Crippen molar-refractivity contribution in [2.45, 2.75) is 26.3 Å². The van der Waals surface area contributed by atoms with Crippen molar-refractivity contribution in [3.05, 3.63) is 23.2 Å². The highest BCUT2D eigenvalue weighted by atomic mass is 35.5. The van der Waals surface area contributed by atoms with E-state index in [4.69, 9.17) is 21.1 Å². The first-order chi connectivity index (χ1) is 11.3. The number of hydrogen-bond donors (Lipinski definition) is 2. The number of ether oxygens (including phenoxy) is 2. The van der Waals surface area contributed by atoms with Gasteiger partial charge in [0.25, 0.3) is 0 Å². The molecule has 132 valence electrons. The van der Waals surface area contributed by atoms with Gasteiger partial charge in [-0.3, -0.25) is 4.79 Å². The van der Waals surface area contributed by atoms with Crippen molar-refractivity contribution in [2.75, 3.05) is 32.2 Å². The third-order valence-electron chi connectivity index (χ3n) is 3.73. The van der Waals surface area contributed by atoms with Crippen LogP contribution in [0.5, 0.6) is 5.75 Å². The minimum absolute atomic E-state index is 0.00493. The highest BCUT2D eigenvalue weighted by Gasteiger charge is 2.29. The number of carbonyl (C=O) groups is 1. The molecule has 1 atom stereocenters. The van der Waals surface area contributed by atoms with Gasteiger partial charge in [-0.05, 0) is 25.0 Å². The highest BCUT2D eigenvalue weighted by molar-refractivity contribution is 6.32. The molecule has 0 aliphatic heterocycles. The van der Waals surface area contributed by atoms with Gasteiger partial charge in [0, 0.05) is 7.11 Å². The lowest BCUT2D eigenvalue weighted by Crippen LogP contribution is -2.50. The summed E-state index contributed by atoms with van der Waals surface area (Å²) in [5, 5.41) is 15.4. The van der Waals surface area contributed by atoms with Crippen LogP contribution < -0.4 is 15.4 Å². The van der Waals surface area contributed by atoms with Gasteiger partial charge in [0.1, 0.15) is 12.1 Å². The van der Waals surface area contributed by atoms with Crippen LogP contribution in [0.2, 0.25) is 5.02 Å². The van der Waals surface area contributed by atoms with Crippen molar-refractivity contribution in [3.63, 3.8) is 0 Å². The van der Waals surface area contributed by atoms with Gasteiger partial charge in [-0.1, -0.05) is 31.5 Å². The molecule has 0 aliphatic carbocycles. The van der Waals surface area contributed by atoms with Crippen LogP contribution >= 0.6 is 11.6 Å². The first kappa shape index (κ1) is 20.1. The maximum Gasteiger partial charge on any atom is 0.240 e. The average molecular weight is 354 g/mol. The third-order valence-corrected chi connectivity index (χ3v) is 4.02. The Morgan fingerprint density at radius 1 is 1.42 bits per heavy atom. The fraction of sp³-hybridized carbons (Fsp3) is 0.529. The van der Waals surface area contributed by atoms with Crippen molar-refractivity contribution in [1.82, 2.24) is 5.32 Å². The summed E-state index contributed by atoms with van der Waals surface area (Å²) in [6.07, 6.45) is 0. The number of amides is 1. The number of halogens is 1. The Kier molecular flexibility index (Phi) is 7.83. The molecule has 1 rings (SSSR count). The maximum atomic E-state index is 12.1. The Morgan fingerprint density at radius 3 is 2.71 bits per heavy atom. The summed E-state index contributed by atoms with van der Waals surface area (Å²) in [6, 6.07) is 7.39. The fourth-order valence-corrected chi connectivity index (χ4v) is 2.06. The number of methoxy groups -OCH3 is 1. The molecule has 1 unspecified atom stereocenters. The zero-order chi connectivity index (χ0) is 18.2. The summed E-state index contributed by atoms with van der Waals surface area (Å²) in [6.45, 7) is 6.26. The zero-order valence-corrected chi connectivity index (χ0v) is 15.2. The normalized spacial score (nSPS) is 13.0. The van der Waals surface area contributed by atoms with Gasteiger partial charge in [0.2, 0.25) is 5.91 Å². The lowest BCUT2D eigenvalue weighted by molar-refractivity contribution is -0.121. The quantitative estimate of drug-likeness (QED) is 0.667. The van der Waals surface area contributed by atoms with Gasteiger partial charge in [-0.25, -0.2) is 0 Å². The summed E-state index contributed by atoms with van der Waals surface area (Å²) < 4.78 is 10.5. The largest absolute Gasteiger partial charge is 0.487 e. The first-order valence-corrected chi connectivity index (χ1v) is 8.08. The monoisotopic (exact) mass is 353 g/mol. The standard InChI is InChI=1S/C17H24ClN3O3/c1-12(2)17(3,11-19)21-15(22)10-20-14-7-5-6-13(18)16(14)24-9-8-23-4/h5-7,12,20H,8-10H2,1-4H3,(H,21,22). The average Bonchev–Trinajstić information content (AvgIpc) is 2.54. The Balaban J connectivity index is 2.72. The van der Waals surface area contributed by atoms with E-state index in [2.05, 4.69) is 16.7 Å². The van der Waals surface area contributed by atoms with E-state index in [0.717, 1.165) is 0 Å². The van der Waals surface area contributed by atoms with Crippen molar-refractivity contribution in [3.8, 4) is 11.8 Å². The second-order valence-corrected chi connectivity index (χ2v) is 6.24. The molecule has 0 radical (unpaired) electrons. The Labute approximate surface area is 148 Å². The number of nitriles is 1. The SMILES string of the molecule is COCCOc1c(Cl)cccc1NCC(=O)NC(C)(C#N)C(C)C. The highest BCUT2D eigenvalue weighted by Crippen LogP contribution is 2.32. The van der Waals surface area contributed by atoms with Crippen LogP contribution in [0.15, 0.2) is 18.2 Å². The predicted octanol–water partition coefficient (Wildman–Crippen LogP) is 2.83. The smallest absolute Gasteiger partial charge is 0.240 e. The molecule has 1 aromatic carbocycles. The van der Waals surface area contributed by atoms with Crippen LogP contribution in [0.3, 0.4) is 0 Å². The lowest BCUT2D eigenvalue weighted by atomic mass is 9.90. The molecule has 0 spiro atoms. The molecule has 0 aromatic heterocycles. The van der Waals surface area contributed by atoms with E-state index in [1.165, 1.54) is 0 Å². The van der Waals surface area contributed by atoms with Crippen molar-refractivity contribution in [2.24, 2.45) is 5.92 Å². The topological polar surface area (TPSA) is 83.4 Å². The number of benzene rings is 1. The van der Waals surface area contributed by atoms with Gasteiger partial charge in [-0.2, -0.15) is 5.26 Å². The van der Waals surface area contributed by atoms with E-state index < -0.39 is 5.54 Å². The molecule has 24 heavy (non-hydrogen) atoms. The Morgan fingerprint density at radius 2 is 2.12 bits per heavy atom. The summed E-state index contributed by atoms with van der Waals surface area (Å²) >= 11 is 6.14. The molecular formula is C17H24ClN3O3. The Bertz CT molecular complexity index is 601. The minimum Gasteiger partial charge on any atom is -0.487 e. The molecule has 0 fully saturated rings. The van der Waals surface area contributed by atoms with Crippen LogP contribution in [0, 0.1) is 17.2 Å². The molecule has 0 bridgehead atoms. The number of anilines is 1. The number of nitrogens with zero attached hydrogens (tertiary/aromatic N) is 1. The second kappa shape index (κ2) is 9.36. The van der Waals surface area contributed by atoms with Crippen LogP contribution in [-0.2, 0) is 9.53 Å². The number of rotatable bonds is 9. The van der Waals surface area contributed by atoms with Gasteiger partial charge < -0.3 is 20.1 Å². The second-order valence-electron chi connectivity index (χ2n) is 5.83. The van der Waals surface area contributed by atoms with Crippen LogP contribution in [0.1, 0.15) is 20.8 Å². The van der Waals surface area contributed by atoms with Crippen molar-refractivity contribution >= 4 is 23.2 Å². The number of carbonyl (C=O) groups excluding carboxylic acids is 1. The number of nitrogens with one attached hydrogen (secondary N) is 2. The van der Waals surface area contributed by atoms with Crippen LogP contribution in [0.4, 0.5) is 5.69 Å². The molecule has 1 amide bonds. The molecule has 0 saturated carbocycles. The molecule has 7 heteroatoms. The van der Waals surface area contributed by atoms with Gasteiger partial charge in [-0.15, -0.1) is 0 Å². The summed E-state index contributed by atoms with van der Waals surface area (Å²) in [4.78, 5) is 12.1. The summed E-state index contributed by atoms with van der Waals surface area (Å²) in [7, 11) is 1.58. The molecule has 1 aromatic rings. The molecule has 0 heterocycles. The summed E-state index contributed by atoms with van der Waals surface area (Å²) in [5.41, 5.74) is -0.304. The maximum absolute atomic E-state index is 12.1. The molecule has 6 nitrogen and oxygen atoms in total. The van der Waals surface area contributed by atoms with E-state index >= 15 is 0 Å². The van der Waals surface area contributed by atoms with Crippen LogP contribution in [-0.4, -0.2) is 38.3 Å². The van der Waals surface area contributed by atoms with E-state index in [0.29, 0.717) is 29.7 Å². The van der Waals surface area contributed by atoms with E-state index in [9.17, 15) is 10.1 Å². The summed E-state index contributed by atoms with van der Waals surface area (Å²) in [5.74, 6) is 0.178. The molecular weight excluding hydrogens is 330 g/mol. The zero-order valence-electron chi connectivity index (χ0n) is 14.5. The number of para-hydroxylation sites is 1. The van der Waals surface area contributed by atoms with Gasteiger partial charge in [0.15, 0.2) is 5.75 Å². The fourth-order valence-electron chi connectivity index (χ4n) is 1.83. The molecule has 0 aliphatic rings. The number of hydrogen-bond acceptors (Lipinski definition) is 5. The van der Waals surface area contributed by atoms with Crippen molar-refractivity contribution in [1.29, 1.82) is 5.26 Å². The van der Waals surface area contributed by atoms with E-state index in [1.807, 2.05) is 13.8 Å². The minimum atomic E-state index is -0.912. The van der Waals surface area contributed by atoms with Gasteiger partial charge in [0.05, 0.1) is 29.9 Å². The molecule has 0 saturated heterocycles. The lowest BCUT2D eigenvalue weighted by Gasteiger charge is -2.27. The van der Waals surface area contributed by atoms with Crippen molar-refractivity contribution < 1.29 is 14.3 Å². The Hall–Kier alpha value is -1.97. The first-order valence-electron chi connectivity index (χ1n) is 7.70. The third kappa shape index (κ3) is 5.59. The van der Waals surface area contributed by atoms with E-state index in [-0.39, 0.29) is 18.4 Å². The van der Waals surface area contributed by atoms with E-state index in [1.54, 1.807) is 32.2 Å². The predicted molar refractivity (Wildman–Crippen MR) is 94.3 cm³/mol. The van der Waals surface area contributed by atoms with Gasteiger partial charge >= 0.3 is 0 Å². The van der Waals surface area contributed by atoms with Crippen LogP contribution in [0.25, 0.3) is 0 Å². The molecule has 2 N–H and O–H groups in total.